The first kappa shape index (κ1) is 20.1. The number of rotatable bonds is 7. The number of nitrogens with one attached hydrogen (secondary N) is 3. The van der Waals surface area contributed by atoms with E-state index in [9.17, 15) is 9.59 Å². The number of carbonyl (C=O) groups excluding carboxylic acids is 2. The molecule has 3 rings (SSSR count). The zero-order valence-corrected chi connectivity index (χ0v) is 16.7. The fraction of sp³-hybridized carbons (Fsp3) is 0.167. The van der Waals surface area contributed by atoms with Gasteiger partial charge in [0.2, 0.25) is 5.91 Å². The van der Waals surface area contributed by atoms with Crippen molar-refractivity contribution in [3.05, 3.63) is 95.1 Å². The summed E-state index contributed by atoms with van der Waals surface area (Å²) in [6.45, 7) is 4.71. The lowest BCUT2D eigenvalue weighted by Crippen LogP contribution is -2.23. The van der Waals surface area contributed by atoms with Crippen LogP contribution in [-0.2, 0) is 11.3 Å². The van der Waals surface area contributed by atoms with Gasteiger partial charge in [-0.1, -0.05) is 42.5 Å². The van der Waals surface area contributed by atoms with Crippen molar-refractivity contribution >= 4 is 23.2 Å². The molecule has 0 saturated carbocycles. The lowest BCUT2D eigenvalue weighted by Gasteiger charge is -2.12. The summed E-state index contributed by atoms with van der Waals surface area (Å²) in [7, 11) is 0. The smallest absolute Gasteiger partial charge is 0.251 e. The van der Waals surface area contributed by atoms with Crippen molar-refractivity contribution in [1.82, 2.24) is 5.32 Å². The van der Waals surface area contributed by atoms with Gasteiger partial charge in [-0.2, -0.15) is 0 Å². The van der Waals surface area contributed by atoms with Crippen LogP contribution >= 0.6 is 0 Å². The highest BCUT2D eigenvalue weighted by Crippen LogP contribution is 2.17. The lowest BCUT2D eigenvalue weighted by atomic mass is 10.1. The molecule has 0 unspecified atom stereocenters. The van der Waals surface area contributed by atoms with Gasteiger partial charge in [0.25, 0.3) is 5.91 Å². The van der Waals surface area contributed by atoms with Crippen LogP contribution in [0.25, 0.3) is 0 Å². The maximum atomic E-state index is 12.3. The van der Waals surface area contributed by atoms with Gasteiger partial charge in [0.15, 0.2) is 0 Å². The van der Waals surface area contributed by atoms with E-state index in [1.54, 1.807) is 24.3 Å². The largest absolute Gasteiger partial charge is 0.376 e. The molecule has 0 aliphatic rings. The van der Waals surface area contributed by atoms with Crippen molar-refractivity contribution in [2.75, 3.05) is 17.2 Å². The Balaban J connectivity index is 1.50. The molecule has 0 saturated heterocycles. The molecule has 2 amide bonds. The van der Waals surface area contributed by atoms with E-state index in [-0.39, 0.29) is 18.4 Å². The maximum Gasteiger partial charge on any atom is 0.251 e. The van der Waals surface area contributed by atoms with Crippen LogP contribution in [0.4, 0.5) is 11.4 Å². The van der Waals surface area contributed by atoms with Crippen LogP contribution in [0.1, 0.15) is 27.0 Å². The van der Waals surface area contributed by atoms with Crippen LogP contribution in [-0.4, -0.2) is 18.4 Å². The molecule has 0 radical (unpaired) electrons. The van der Waals surface area contributed by atoms with E-state index in [0.717, 1.165) is 16.8 Å². The standard InChI is InChI=1S/C24H25N3O2/c1-17-7-6-10-22(18(17)2)25-16-23(28)27-21-13-11-20(12-14-21)24(29)26-15-19-8-4-3-5-9-19/h3-14,25H,15-16H2,1-2H3,(H,26,29)(H,27,28). The molecule has 3 aromatic carbocycles. The average molecular weight is 387 g/mol. The Kier molecular flexibility index (Phi) is 6.63. The van der Waals surface area contributed by atoms with Gasteiger partial charge in [0, 0.05) is 23.5 Å². The third-order valence-electron chi connectivity index (χ3n) is 4.77. The van der Waals surface area contributed by atoms with Crippen LogP contribution in [0.3, 0.4) is 0 Å². The van der Waals surface area contributed by atoms with Crippen LogP contribution in [0, 0.1) is 13.8 Å². The Morgan fingerprint density at radius 3 is 2.28 bits per heavy atom. The van der Waals surface area contributed by atoms with Gasteiger partial charge < -0.3 is 16.0 Å². The summed E-state index contributed by atoms with van der Waals surface area (Å²) in [5.41, 5.74) is 5.50. The van der Waals surface area contributed by atoms with Crippen molar-refractivity contribution < 1.29 is 9.59 Å². The number of amides is 2. The van der Waals surface area contributed by atoms with Gasteiger partial charge in [-0.15, -0.1) is 0 Å². The summed E-state index contributed by atoms with van der Waals surface area (Å²) in [4.78, 5) is 24.5. The Morgan fingerprint density at radius 2 is 1.55 bits per heavy atom. The molecular formula is C24H25N3O2. The number of hydrogen-bond acceptors (Lipinski definition) is 3. The molecule has 0 spiro atoms. The highest BCUT2D eigenvalue weighted by Gasteiger charge is 2.08. The first-order valence-electron chi connectivity index (χ1n) is 9.55. The van der Waals surface area contributed by atoms with Crippen molar-refractivity contribution in [2.45, 2.75) is 20.4 Å². The molecule has 29 heavy (non-hydrogen) atoms. The summed E-state index contributed by atoms with van der Waals surface area (Å²) in [6, 6.07) is 22.6. The Bertz CT molecular complexity index is 983. The molecule has 0 atom stereocenters. The monoisotopic (exact) mass is 387 g/mol. The summed E-state index contributed by atoms with van der Waals surface area (Å²) in [5.74, 6) is -0.296. The number of benzene rings is 3. The number of anilines is 2. The first-order chi connectivity index (χ1) is 14.0. The highest BCUT2D eigenvalue weighted by molar-refractivity contribution is 5.96. The summed E-state index contributed by atoms with van der Waals surface area (Å²) in [5, 5.41) is 8.88. The van der Waals surface area contributed by atoms with Gasteiger partial charge in [-0.3, -0.25) is 9.59 Å². The molecule has 0 aliphatic heterocycles. The second-order valence-electron chi connectivity index (χ2n) is 6.89. The quantitative estimate of drug-likeness (QED) is 0.567. The van der Waals surface area contributed by atoms with E-state index >= 15 is 0 Å². The minimum absolute atomic E-state index is 0.146. The maximum absolute atomic E-state index is 12.3. The molecule has 0 aliphatic carbocycles. The highest BCUT2D eigenvalue weighted by atomic mass is 16.2. The minimum atomic E-state index is -0.150. The average Bonchev–Trinajstić information content (AvgIpc) is 2.74. The van der Waals surface area contributed by atoms with Crippen LogP contribution in [0.2, 0.25) is 0 Å². The molecule has 5 heteroatoms. The number of hydrogen-bond donors (Lipinski definition) is 3. The first-order valence-corrected chi connectivity index (χ1v) is 9.55. The second-order valence-corrected chi connectivity index (χ2v) is 6.89. The van der Waals surface area contributed by atoms with Gasteiger partial charge in [0.1, 0.15) is 0 Å². The summed E-state index contributed by atoms with van der Waals surface area (Å²) < 4.78 is 0. The fourth-order valence-electron chi connectivity index (χ4n) is 2.91. The zero-order valence-electron chi connectivity index (χ0n) is 16.7. The SMILES string of the molecule is Cc1cccc(NCC(=O)Nc2ccc(C(=O)NCc3ccccc3)cc2)c1C. The topological polar surface area (TPSA) is 70.2 Å². The predicted octanol–water partition coefficient (Wildman–Crippen LogP) is 4.28. The molecular weight excluding hydrogens is 362 g/mol. The van der Waals surface area contributed by atoms with Crippen LogP contribution in [0.15, 0.2) is 72.8 Å². The molecule has 0 aromatic heterocycles. The Labute approximate surface area is 171 Å². The number of aryl methyl sites for hydroxylation is 1. The summed E-state index contributed by atoms with van der Waals surface area (Å²) in [6.07, 6.45) is 0. The summed E-state index contributed by atoms with van der Waals surface area (Å²) >= 11 is 0. The minimum Gasteiger partial charge on any atom is -0.376 e. The molecule has 0 fully saturated rings. The van der Waals surface area contributed by atoms with E-state index in [1.165, 1.54) is 5.56 Å². The third kappa shape index (κ3) is 5.69. The van der Waals surface area contributed by atoms with Crippen molar-refractivity contribution in [3.63, 3.8) is 0 Å². The van der Waals surface area contributed by atoms with E-state index in [4.69, 9.17) is 0 Å². The van der Waals surface area contributed by atoms with E-state index in [1.807, 2.05) is 62.4 Å². The zero-order chi connectivity index (χ0) is 20.6. The van der Waals surface area contributed by atoms with E-state index < -0.39 is 0 Å². The normalized spacial score (nSPS) is 10.3. The van der Waals surface area contributed by atoms with Gasteiger partial charge in [0.05, 0.1) is 6.54 Å². The Morgan fingerprint density at radius 1 is 0.828 bits per heavy atom. The molecule has 3 aromatic rings. The molecule has 5 nitrogen and oxygen atoms in total. The molecule has 0 bridgehead atoms. The number of carbonyl (C=O) groups is 2. The van der Waals surface area contributed by atoms with Gasteiger partial charge >= 0.3 is 0 Å². The third-order valence-corrected chi connectivity index (χ3v) is 4.77. The van der Waals surface area contributed by atoms with Gasteiger partial charge in [-0.05, 0) is 60.9 Å². The molecule has 3 N–H and O–H groups in total. The van der Waals surface area contributed by atoms with Crippen molar-refractivity contribution in [1.29, 1.82) is 0 Å². The van der Waals surface area contributed by atoms with Crippen molar-refractivity contribution in [2.24, 2.45) is 0 Å². The molecule has 148 valence electrons. The van der Waals surface area contributed by atoms with E-state index in [0.29, 0.717) is 17.8 Å². The van der Waals surface area contributed by atoms with Crippen LogP contribution in [0.5, 0.6) is 0 Å². The fourth-order valence-corrected chi connectivity index (χ4v) is 2.91. The van der Waals surface area contributed by atoms with Crippen molar-refractivity contribution in [3.8, 4) is 0 Å². The van der Waals surface area contributed by atoms with E-state index in [2.05, 4.69) is 16.0 Å². The predicted molar refractivity (Wildman–Crippen MR) is 117 cm³/mol. The lowest BCUT2D eigenvalue weighted by molar-refractivity contribution is -0.114. The second kappa shape index (κ2) is 9.55. The molecule has 0 heterocycles. The Hall–Kier alpha value is -3.60. The van der Waals surface area contributed by atoms with Crippen LogP contribution < -0.4 is 16.0 Å². The van der Waals surface area contributed by atoms with Gasteiger partial charge in [-0.25, -0.2) is 0 Å².